The first-order valence-electron chi connectivity index (χ1n) is 11.1. The highest BCUT2D eigenvalue weighted by Gasteiger charge is 2.32. The quantitative estimate of drug-likeness (QED) is 0.491. The van der Waals surface area contributed by atoms with Crippen molar-refractivity contribution in [3.05, 3.63) is 72.4 Å². The van der Waals surface area contributed by atoms with E-state index < -0.39 is 0 Å². The van der Waals surface area contributed by atoms with Crippen LogP contribution in [0.5, 0.6) is 0 Å². The molecule has 0 saturated carbocycles. The van der Waals surface area contributed by atoms with Crippen molar-refractivity contribution in [2.75, 3.05) is 6.54 Å². The van der Waals surface area contributed by atoms with E-state index >= 15 is 0 Å². The zero-order valence-electron chi connectivity index (χ0n) is 18.0. The van der Waals surface area contributed by atoms with E-state index in [9.17, 15) is 9.18 Å². The summed E-state index contributed by atoms with van der Waals surface area (Å²) in [6, 6.07) is 12.9. The van der Waals surface area contributed by atoms with Gasteiger partial charge >= 0.3 is 0 Å². The highest BCUT2D eigenvalue weighted by Crippen LogP contribution is 2.28. The molecule has 0 radical (unpaired) electrons. The Hall–Kier alpha value is -3.48. The number of hydrogen-bond acceptors (Lipinski definition) is 3. The van der Waals surface area contributed by atoms with E-state index in [1.165, 1.54) is 12.1 Å². The Morgan fingerprint density at radius 2 is 2.00 bits per heavy atom. The molecule has 6 nitrogen and oxygen atoms in total. The summed E-state index contributed by atoms with van der Waals surface area (Å²) in [5.41, 5.74) is 4.25. The van der Waals surface area contributed by atoms with Gasteiger partial charge in [0, 0.05) is 42.7 Å². The second-order valence-corrected chi connectivity index (χ2v) is 8.71. The summed E-state index contributed by atoms with van der Waals surface area (Å²) in [5, 5.41) is 12.6. The van der Waals surface area contributed by atoms with Crippen LogP contribution in [0.3, 0.4) is 0 Å². The van der Waals surface area contributed by atoms with E-state index in [0.717, 1.165) is 47.1 Å². The topological polar surface area (TPSA) is 66.8 Å². The number of nitrogens with zero attached hydrogens (tertiary/aromatic N) is 4. The molecular weight excluding hydrogens is 405 g/mol. The number of halogens is 1. The van der Waals surface area contributed by atoms with Crippen LogP contribution < -0.4 is 0 Å². The van der Waals surface area contributed by atoms with E-state index in [4.69, 9.17) is 0 Å². The van der Waals surface area contributed by atoms with Crippen LogP contribution in [0, 0.1) is 11.7 Å². The van der Waals surface area contributed by atoms with Gasteiger partial charge in [0.05, 0.1) is 17.9 Å². The van der Waals surface area contributed by atoms with Gasteiger partial charge in [0.2, 0.25) is 5.91 Å². The highest BCUT2D eigenvalue weighted by molar-refractivity contribution is 5.84. The first kappa shape index (κ1) is 20.4. The number of hydrogen-bond donors (Lipinski definition) is 1. The van der Waals surface area contributed by atoms with Crippen molar-refractivity contribution >= 4 is 16.8 Å². The van der Waals surface area contributed by atoms with Gasteiger partial charge in [-0.1, -0.05) is 18.2 Å². The number of aryl methyl sites for hydroxylation is 1. The number of fused-ring (bicyclic) bond motifs is 1. The molecule has 4 aromatic rings. The zero-order chi connectivity index (χ0) is 22.1. The van der Waals surface area contributed by atoms with Crippen molar-refractivity contribution in [3.8, 4) is 11.1 Å². The maximum atomic E-state index is 13.1. The average Bonchev–Trinajstić information content (AvgIpc) is 3.54. The highest BCUT2D eigenvalue weighted by atomic mass is 19.1. The Bertz CT molecular complexity index is 1220. The van der Waals surface area contributed by atoms with Crippen LogP contribution in [0.2, 0.25) is 0 Å². The molecule has 0 bridgehead atoms. The van der Waals surface area contributed by atoms with Crippen LogP contribution in [0.4, 0.5) is 4.39 Å². The molecule has 1 amide bonds. The van der Waals surface area contributed by atoms with Crippen LogP contribution in [0.15, 0.2) is 61.1 Å². The van der Waals surface area contributed by atoms with Gasteiger partial charge in [-0.3, -0.25) is 14.6 Å². The lowest BCUT2D eigenvalue weighted by Gasteiger charge is -2.21. The number of aromatic amines is 1. The fraction of sp³-hybridized carbons (Fsp3) is 0.320. The van der Waals surface area contributed by atoms with Gasteiger partial charge in [-0.2, -0.15) is 10.2 Å². The summed E-state index contributed by atoms with van der Waals surface area (Å²) in [4.78, 5) is 14.8. The van der Waals surface area contributed by atoms with E-state index in [1.807, 2.05) is 23.5 Å². The van der Waals surface area contributed by atoms with Crippen molar-refractivity contribution in [2.24, 2.45) is 5.92 Å². The largest absolute Gasteiger partial charge is 0.340 e. The molecule has 2 aromatic carbocycles. The summed E-state index contributed by atoms with van der Waals surface area (Å²) in [6.45, 7) is 3.66. The standard InChI is InChI=1S/C25H26FN5O/c1-17-10-19(15-30(17)25(32)9-4-18-2-6-23(26)7-3-18)16-31-24-8-5-20(11-21(24)14-29-31)22-12-27-28-13-22/h2-3,5-8,11-14,17,19H,4,9-10,15-16H2,1H3,(H,27,28)/t17-,19+/m0/s1. The molecule has 3 heterocycles. The molecule has 1 aliphatic heterocycles. The molecule has 164 valence electrons. The number of nitrogens with one attached hydrogen (secondary N) is 1. The Labute approximate surface area is 186 Å². The van der Waals surface area contributed by atoms with Gasteiger partial charge in [-0.15, -0.1) is 0 Å². The number of H-pyrrole nitrogens is 1. The molecule has 0 unspecified atom stereocenters. The first-order chi connectivity index (χ1) is 15.6. The molecule has 1 N–H and O–H groups in total. The van der Waals surface area contributed by atoms with Gasteiger partial charge in [0.1, 0.15) is 5.82 Å². The van der Waals surface area contributed by atoms with Crippen molar-refractivity contribution < 1.29 is 9.18 Å². The van der Waals surface area contributed by atoms with Crippen molar-refractivity contribution in [1.29, 1.82) is 0 Å². The molecular formula is C25H26FN5O. The number of amides is 1. The van der Waals surface area contributed by atoms with Gasteiger partial charge in [0.25, 0.3) is 0 Å². The summed E-state index contributed by atoms with van der Waals surface area (Å²) in [6.07, 6.45) is 7.65. The van der Waals surface area contributed by atoms with Crippen molar-refractivity contribution in [1.82, 2.24) is 24.9 Å². The molecule has 1 fully saturated rings. The lowest BCUT2D eigenvalue weighted by atomic mass is 10.1. The fourth-order valence-electron chi connectivity index (χ4n) is 4.73. The Morgan fingerprint density at radius 1 is 1.16 bits per heavy atom. The first-order valence-corrected chi connectivity index (χ1v) is 11.1. The third kappa shape index (κ3) is 4.15. The minimum Gasteiger partial charge on any atom is -0.340 e. The average molecular weight is 432 g/mol. The molecule has 0 spiro atoms. The number of carbonyl (C=O) groups excluding carboxylic acids is 1. The molecule has 2 atom stereocenters. The van der Waals surface area contributed by atoms with E-state index in [-0.39, 0.29) is 17.8 Å². The van der Waals surface area contributed by atoms with Crippen LogP contribution in [-0.4, -0.2) is 43.4 Å². The summed E-state index contributed by atoms with van der Waals surface area (Å²) in [5.74, 6) is 0.288. The second kappa shape index (κ2) is 8.57. The molecule has 1 aliphatic rings. The van der Waals surface area contributed by atoms with Crippen LogP contribution in [-0.2, 0) is 17.8 Å². The maximum absolute atomic E-state index is 13.1. The Balaban J connectivity index is 1.22. The zero-order valence-corrected chi connectivity index (χ0v) is 18.0. The SMILES string of the molecule is C[C@H]1C[C@@H](Cn2ncc3cc(-c4cn[nH]c4)ccc32)CN1C(=O)CCc1ccc(F)cc1. The number of benzene rings is 2. The molecule has 5 rings (SSSR count). The van der Waals surface area contributed by atoms with Crippen LogP contribution >= 0.6 is 0 Å². The van der Waals surface area contributed by atoms with Gasteiger partial charge < -0.3 is 4.90 Å². The van der Waals surface area contributed by atoms with Crippen molar-refractivity contribution in [3.63, 3.8) is 0 Å². The lowest BCUT2D eigenvalue weighted by molar-refractivity contribution is -0.131. The minimum absolute atomic E-state index is 0.166. The molecule has 0 aliphatic carbocycles. The Kier molecular flexibility index (Phi) is 5.47. The second-order valence-electron chi connectivity index (χ2n) is 8.71. The Morgan fingerprint density at radius 3 is 2.78 bits per heavy atom. The molecule has 1 saturated heterocycles. The van der Waals surface area contributed by atoms with Crippen molar-refractivity contribution in [2.45, 2.75) is 38.8 Å². The number of likely N-dealkylation sites (tertiary alicyclic amines) is 1. The summed E-state index contributed by atoms with van der Waals surface area (Å²) < 4.78 is 15.1. The van der Waals surface area contributed by atoms with Gasteiger partial charge in [0.15, 0.2) is 0 Å². The number of carbonyl (C=O) groups is 1. The third-order valence-corrected chi connectivity index (χ3v) is 6.43. The van der Waals surface area contributed by atoms with Gasteiger partial charge in [-0.05, 0) is 61.1 Å². The van der Waals surface area contributed by atoms with E-state index in [0.29, 0.717) is 18.8 Å². The summed E-state index contributed by atoms with van der Waals surface area (Å²) in [7, 11) is 0. The van der Waals surface area contributed by atoms with E-state index in [2.05, 4.69) is 45.1 Å². The molecule has 7 heteroatoms. The predicted molar refractivity (Wildman–Crippen MR) is 121 cm³/mol. The lowest BCUT2D eigenvalue weighted by Crippen LogP contribution is -2.34. The van der Waals surface area contributed by atoms with Gasteiger partial charge in [-0.25, -0.2) is 4.39 Å². The maximum Gasteiger partial charge on any atom is 0.223 e. The third-order valence-electron chi connectivity index (χ3n) is 6.43. The fourth-order valence-corrected chi connectivity index (χ4v) is 4.73. The summed E-state index contributed by atoms with van der Waals surface area (Å²) >= 11 is 0. The van der Waals surface area contributed by atoms with Crippen LogP contribution in [0.1, 0.15) is 25.3 Å². The normalized spacial score (nSPS) is 18.5. The molecule has 32 heavy (non-hydrogen) atoms. The number of rotatable bonds is 6. The van der Waals surface area contributed by atoms with E-state index in [1.54, 1.807) is 12.1 Å². The minimum atomic E-state index is -0.250. The smallest absolute Gasteiger partial charge is 0.223 e. The van der Waals surface area contributed by atoms with Crippen LogP contribution in [0.25, 0.3) is 22.0 Å². The number of aromatic nitrogens is 4. The molecule has 2 aromatic heterocycles. The predicted octanol–water partition coefficient (Wildman–Crippen LogP) is 4.44. The monoisotopic (exact) mass is 431 g/mol.